The van der Waals surface area contributed by atoms with Gasteiger partial charge in [-0.1, -0.05) is 35.3 Å². The van der Waals surface area contributed by atoms with E-state index in [0.29, 0.717) is 65.7 Å². The SMILES string of the molecule is COc1ccc(CN(Cc2nc3cc(Cl)c(Cl)cc3s2)c2cc(N3CCOCC3)nn3c(C(F)(F)F)cnc23)cc1. The number of benzene rings is 2. The smallest absolute Gasteiger partial charge is 0.435 e. The number of hydrogen-bond acceptors (Lipinski definition) is 8. The molecule has 1 fully saturated rings. The molecule has 1 aliphatic heterocycles. The molecular formula is C27H23Cl2F3N6O2S. The number of methoxy groups -OCH3 is 1. The van der Waals surface area contributed by atoms with Crippen molar-refractivity contribution in [1.29, 1.82) is 0 Å². The first-order valence-electron chi connectivity index (χ1n) is 12.6. The molecule has 0 atom stereocenters. The van der Waals surface area contributed by atoms with Crippen LogP contribution in [0.1, 0.15) is 16.3 Å². The quantitative estimate of drug-likeness (QED) is 0.200. The lowest BCUT2D eigenvalue weighted by Gasteiger charge is -2.30. The molecule has 14 heteroatoms. The Morgan fingerprint density at radius 1 is 1.05 bits per heavy atom. The summed E-state index contributed by atoms with van der Waals surface area (Å²) in [6, 6.07) is 12.8. The second kappa shape index (κ2) is 11.2. The van der Waals surface area contributed by atoms with Gasteiger partial charge >= 0.3 is 6.18 Å². The van der Waals surface area contributed by atoms with Crippen LogP contribution in [0.15, 0.2) is 48.7 Å². The first-order valence-corrected chi connectivity index (χ1v) is 14.2. The van der Waals surface area contributed by atoms with E-state index in [1.807, 2.05) is 34.1 Å². The molecule has 0 spiro atoms. The monoisotopic (exact) mass is 622 g/mol. The number of imidazole rings is 1. The molecule has 41 heavy (non-hydrogen) atoms. The molecule has 214 valence electrons. The Morgan fingerprint density at radius 2 is 1.78 bits per heavy atom. The highest BCUT2D eigenvalue weighted by Crippen LogP contribution is 2.36. The number of alkyl halides is 3. The molecule has 8 nitrogen and oxygen atoms in total. The van der Waals surface area contributed by atoms with Crippen LogP contribution < -0.4 is 14.5 Å². The van der Waals surface area contributed by atoms with Crippen LogP contribution in [-0.4, -0.2) is 53.0 Å². The van der Waals surface area contributed by atoms with Crippen molar-refractivity contribution >= 4 is 61.9 Å². The van der Waals surface area contributed by atoms with Gasteiger partial charge in [0.15, 0.2) is 17.2 Å². The average Bonchev–Trinajstić information content (AvgIpc) is 3.57. The summed E-state index contributed by atoms with van der Waals surface area (Å²) in [6.45, 7) is 2.57. The Morgan fingerprint density at radius 3 is 2.49 bits per heavy atom. The number of halogens is 5. The van der Waals surface area contributed by atoms with Crippen molar-refractivity contribution in [3.05, 3.63) is 75.0 Å². The van der Waals surface area contributed by atoms with Crippen LogP contribution in [0.2, 0.25) is 10.0 Å². The fourth-order valence-electron chi connectivity index (χ4n) is 4.69. The minimum atomic E-state index is -4.64. The summed E-state index contributed by atoms with van der Waals surface area (Å²) in [7, 11) is 1.59. The van der Waals surface area contributed by atoms with Crippen LogP contribution in [0, 0.1) is 0 Å². The van der Waals surface area contributed by atoms with Crippen molar-refractivity contribution in [1.82, 2.24) is 19.6 Å². The summed E-state index contributed by atoms with van der Waals surface area (Å²) in [6.07, 6.45) is -3.82. The zero-order valence-corrected chi connectivity index (χ0v) is 24.0. The molecule has 4 heterocycles. The molecule has 0 aliphatic carbocycles. The van der Waals surface area contributed by atoms with Crippen molar-refractivity contribution in [3.63, 3.8) is 0 Å². The van der Waals surface area contributed by atoms with E-state index in [2.05, 4.69) is 10.1 Å². The normalized spacial score (nSPS) is 14.2. The first-order chi connectivity index (χ1) is 19.7. The molecule has 6 rings (SSSR count). The molecule has 0 amide bonds. The van der Waals surface area contributed by atoms with Gasteiger partial charge in [-0.25, -0.2) is 14.5 Å². The Balaban J connectivity index is 1.49. The maximum Gasteiger partial charge on any atom is 0.435 e. The van der Waals surface area contributed by atoms with E-state index in [4.69, 9.17) is 37.7 Å². The summed E-state index contributed by atoms with van der Waals surface area (Å²) in [4.78, 5) is 12.8. The van der Waals surface area contributed by atoms with E-state index in [9.17, 15) is 13.2 Å². The molecule has 0 saturated carbocycles. The Kier molecular flexibility index (Phi) is 7.58. The van der Waals surface area contributed by atoms with Crippen molar-refractivity contribution in [2.75, 3.05) is 43.2 Å². The van der Waals surface area contributed by atoms with E-state index < -0.39 is 11.9 Å². The van der Waals surface area contributed by atoms with E-state index >= 15 is 0 Å². The lowest BCUT2D eigenvalue weighted by Crippen LogP contribution is -2.37. The topological polar surface area (TPSA) is 68.0 Å². The zero-order chi connectivity index (χ0) is 28.7. The van der Waals surface area contributed by atoms with Gasteiger partial charge in [-0.3, -0.25) is 0 Å². The standard InChI is InChI=1S/C27H23Cl2F3N6O2S/c1-39-17-4-2-16(3-5-17)14-37(15-25-34-20-10-18(28)19(29)11-22(20)41-25)21-12-24(36-6-8-40-9-7-36)35-38-23(27(30,31)32)13-33-26(21)38/h2-5,10-13H,6-9,14-15H2,1H3. The van der Waals surface area contributed by atoms with Gasteiger partial charge in [-0.15, -0.1) is 16.4 Å². The number of rotatable bonds is 7. The van der Waals surface area contributed by atoms with Crippen LogP contribution in [0.25, 0.3) is 15.9 Å². The fourth-order valence-corrected chi connectivity index (χ4v) is 6.08. The average molecular weight is 623 g/mol. The second-order valence-electron chi connectivity index (χ2n) is 9.41. The second-order valence-corrected chi connectivity index (χ2v) is 11.3. The maximum atomic E-state index is 14.0. The molecule has 1 aliphatic rings. The molecule has 3 aromatic heterocycles. The third kappa shape index (κ3) is 5.74. The third-order valence-corrected chi connectivity index (χ3v) is 8.46. The molecule has 1 saturated heterocycles. The van der Waals surface area contributed by atoms with Gasteiger partial charge in [-0.2, -0.15) is 13.2 Å². The molecule has 0 unspecified atom stereocenters. The number of thiazole rings is 1. The lowest BCUT2D eigenvalue weighted by atomic mass is 10.2. The van der Waals surface area contributed by atoms with Gasteiger partial charge in [0.2, 0.25) is 0 Å². The number of nitrogens with zero attached hydrogens (tertiary/aromatic N) is 6. The summed E-state index contributed by atoms with van der Waals surface area (Å²) in [5.41, 5.74) is 1.25. The van der Waals surface area contributed by atoms with Gasteiger partial charge in [0.05, 0.1) is 59.0 Å². The largest absolute Gasteiger partial charge is 0.497 e. The van der Waals surface area contributed by atoms with Gasteiger partial charge in [0, 0.05) is 25.7 Å². The van der Waals surface area contributed by atoms with E-state index in [-0.39, 0.29) is 12.2 Å². The number of aromatic nitrogens is 4. The molecule has 5 aromatic rings. The first kappa shape index (κ1) is 27.8. The highest BCUT2D eigenvalue weighted by molar-refractivity contribution is 7.18. The number of anilines is 2. The van der Waals surface area contributed by atoms with Gasteiger partial charge in [0.1, 0.15) is 10.8 Å². The summed E-state index contributed by atoms with van der Waals surface area (Å²) in [5.74, 6) is 1.10. The van der Waals surface area contributed by atoms with Crippen LogP contribution in [-0.2, 0) is 24.0 Å². The Bertz CT molecular complexity index is 1660. The lowest BCUT2D eigenvalue weighted by molar-refractivity contribution is -0.142. The van der Waals surface area contributed by atoms with E-state index in [1.54, 1.807) is 25.3 Å². The Hall–Kier alpha value is -3.32. The van der Waals surface area contributed by atoms with E-state index in [0.717, 1.165) is 26.0 Å². The predicted octanol–water partition coefficient (Wildman–Crippen LogP) is 6.72. The molecule has 0 N–H and O–H groups in total. The van der Waals surface area contributed by atoms with Crippen LogP contribution in [0.5, 0.6) is 5.75 Å². The van der Waals surface area contributed by atoms with Crippen molar-refractivity contribution in [2.24, 2.45) is 0 Å². The van der Waals surface area contributed by atoms with Gasteiger partial charge in [0.25, 0.3) is 0 Å². The zero-order valence-electron chi connectivity index (χ0n) is 21.7. The van der Waals surface area contributed by atoms with Crippen LogP contribution >= 0.6 is 34.5 Å². The third-order valence-electron chi connectivity index (χ3n) is 6.73. The van der Waals surface area contributed by atoms with Crippen molar-refractivity contribution < 1.29 is 22.6 Å². The summed E-state index contributed by atoms with van der Waals surface area (Å²) >= 11 is 13.9. The minimum Gasteiger partial charge on any atom is -0.497 e. The molecule has 0 bridgehead atoms. The summed E-state index contributed by atoms with van der Waals surface area (Å²) < 4.78 is 54.5. The van der Waals surface area contributed by atoms with Crippen molar-refractivity contribution in [2.45, 2.75) is 19.3 Å². The van der Waals surface area contributed by atoms with Gasteiger partial charge in [-0.05, 0) is 29.8 Å². The summed E-state index contributed by atoms with van der Waals surface area (Å²) in [5, 5.41) is 5.93. The number of fused-ring (bicyclic) bond motifs is 2. The van der Waals surface area contributed by atoms with Crippen molar-refractivity contribution in [3.8, 4) is 5.75 Å². The van der Waals surface area contributed by atoms with E-state index in [1.165, 1.54) is 11.3 Å². The van der Waals surface area contributed by atoms with Crippen LogP contribution in [0.4, 0.5) is 24.7 Å². The molecule has 2 aromatic carbocycles. The highest BCUT2D eigenvalue weighted by Gasteiger charge is 2.36. The van der Waals surface area contributed by atoms with Crippen LogP contribution in [0.3, 0.4) is 0 Å². The number of hydrogen-bond donors (Lipinski definition) is 0. The molecular weight excluding hydrogens is 600 g/mol. The van der Waals surface area contributed by atoms with Gasteiger partial charge < -0.3 is 19.3 Å². The maximum absolute atomic E-state index is 14.0. The number of ether oxygens (including phenoxy) is 2. The predicted molar refractivity (Wildman–Crippen MR) is 154 cm³/mol. The fraction of sp³-hybridized carbons (Fsp3) is 0.296. The molecule has 0 radical (unpaired) electrons. The Labute approximate surface area is 246 Å². The number of morpholine rings is 1. The minimum absolute atomic E-state index is 0.0926. The highest BCUT2D eigenvalue weighted by atomic mass is 35.5.